The van der Waals surface area contributed by atoms with Crippen molar-refractivity contribution >= 4 is 11.5 Å². The Morgan fingerprint density at radius 3 is 2.47 bits per heavy atom. The Labute approximate surface area is 104 Å². The Kier molecular flexibility index (Phi) is 5.11. The lowest BCUT2D eigenvalue weighted by Crippen LogP contribution is -2.41. The van der Waals surface area contributed by atoms with Crippen LogP contribution in [0.15, 0.2) is 43.0 Å². The van der Waals surface area contributed by atoms with Gasteiger partial charge in [-0.25, -0.2) is 0 Å². The maximum Gasteiger partial charge on any atom is 0.155 e. The van der Waals surface area contributed by atoms with Crippen molar-refractivity contribution in [2.45, 2.75) is 19.3 Å². The van der Waals surface area contributed by atoms with Crippen LogP contribution in [0.4, 0.5) is 5.69 Å². The fourth-order valence-electron chi connectivity index (χ4n) is 1.87. The van der Waals surface area contributed by atoms with Crippen LogP contribution in [0.3, 0.4) is 0 Å². The number of quaternary nitrogens is 1. The summed E-state index contributed by atoms with van der Waals surface area (Å²) in [6.45, 7) is 4.53. The molecule has 0 amide bonds. The first-order valence-electron chi connectivity index (χ1n) is 6.10. The Balaban J connectivity index is 2.40. The quantitative estimate of drug-likeness (QED) is 0.401. The van der Waals surface area contributed by atoms with Crippen LogP contribution in [-0.2, 0) is 4.79 Å². The van der Waals surface area contributed by atoms with Crippen LogP contribution < -0.4 is 4.48 Å². The van der Waals surface area contributed by atoms with Crippen LogP contribution in [-0.4, -0.2) is 26.4 Å². The monoisotopic (exact) mass is 232 g/mol. The Bertz CT molecular complexity index is 368. The molecule has 92 valence electrons. The number of ketones is 1. The van der Waals surface area contributed by atoms with E-state index in [0.717, 1.165) is 23.9 Å². The zero-order valence-corrected chi connectivity index (χ0v) is 10.9. The zero-order valence-electron chi connectivity index (χ0n) is 10.9. The summed E-state index contributed by atoms with van der Waals surface area (Å²) in [6, 6.07) is 10.5. The molecule has 0 saturated carbocycles. The molecule has 0 aliphatic rings. The van der Waals surface area contributed by atoms with Gasteiger partial charge in [0, 0.05) is 6.42 Å². The summed E-state index contributed by atoms with van der Waals surface area (Å²) < 4.78 is 0.864. The highest BCUT2D eigenvalue weighted by Crippen LogP contribution is 2.18. The topological polar surface area (TPSA) is 17.1 Å². The van der Waals surface area contributed by atoms with Crippen LogP contribution >= 0.6 is 0 Å². The van der Waals surface area contributed by atoms with Gasteiger partial charge >= 0.3 is 0 Å². The first-order valence-corrected chi connectivity index (χ1v) is 6.10. The number of unbranched alkanes of at least 4 members (excludes halogenated alkanes) is 1. The molecule has 0 N–H and O–H groups in total. The highest BCUT2D eigenvalue weighted by Gasteiger charge is 2.17. The minimum atomic E-state index is 0.148. The summed E-state index contributed by atoms with van der Waals surface area (Å²) in [7, 11) is 4.40. The highest BCUT2D eigenvalue weighted by atomic mass is 16.1. The molecule has 0 bridgehead atoms. The fourth-order valence-corrected chi connectivity index (χ4v) is 1.87. The van der Waals surface area contributed by atoms with Crippen molar-refractivity contribution in [3.63, 3.8) is 0 Å². The molecule has 0 unspecified atom stereocenters. The molecule has 0 aliphatic heterocycles. The lowest BCUT2D eigenvalue weighted by Gasteiger charge is -2.29. The third kappa shape index (κ3) is 4.53. The van der Waals surface area contributed by atoms with Crippen molar-refractivity contribution in [2.75, 3.05) is 20.6 Å². The number of carbonyl (C=O) groups is 1. The van der Waals surface area contributed by atoms with Crippen molar-refractivity contribution in [3.05, 3.63) is 43.0 Å². The molecule has 0 heterocycles. The summed E-state index contributed by atoms with van der Waals surface area (Å²) in [5.74, 6) is 0.148. The Morgan fingerprint density at radius 2 is 1.88 bits per heavy atom. The van der Waals surface area contributed by atoms with Crippen LogP contribution in [0.5, 0.6) is 0 Å². The third-order valence-corrected chi connectivity index (χ3v) is 3.07. The van der Waals surface area contributed by atoms with Gasteiger partial charge in [0.05, 0.1) is 20.6 Å². The van der Waals surface area contributed by atoms with Gasteiger partial charge < -0.3 is 0 Å². The van der Waals surface area contributed by atoms with Crippen LogP contribution in [0.2, 0.25) is 0 Å². The molecule has 1 rings (SSSR count). The number of para-hydroxylation sites is 1. The maximum absolute atomic E-state index is 11.1. The molecule has 0 aromatic heterocycles. The fraction of sp³-hybridized carbons (Fsp3) is 0.400. The van der Waals surface area contributed by atoms with Gasteiger partial charge in [-0.3, -0.25) is 9.28 Å². The maximum atomic E-state index is 11.1. The minimum absolute atomic E-state index is 0.148. The van der Waals surface area contributed by atoms with Gasteiger partial charge in [0.25, 0.3) is 0 Å². The predicted molar refractivity (Wildman–Crippen MR) is 74.0 cm³/mol. The van der Waals surface area contributed by atoms with E-state index in [2.05, 4.69) is 44.9 Å². The standard InChI is InChI=1S/C15H22NO/c1-4-15(17)12-8-9-13-16(2,3)14-10-6-5-7-11-14/h4-7,10-11H,1,8-9,12-13H2,2-3H3/q+1. The second-order valence-corrected chi connectivity index (χ2v) is 4.87. The normalized spacial score (nSPS) is 11.2. The molecule has 2 heteroatoms. The van der Waals surface area contributed by atoms with Gasteiger partial charge in [-0.1, -0.05) is 24.8 Å². The van der Waals surface area contributed by atoms with E-state index >= 15 is 0 Å². The largest absolute Gasteiger partial charge is 0.296 e. The van der Waals surface area contributed by atoms with Crippen molar-refractivity contribution < 1.29 is 4.79 Å². The summed E-state index contributed by atoms with van der Waals surface area (Å²) in [5.41, 5.74) is 1.31. The molecule has 0 radical (unpaired) electrons. The van der Waals surface area contributed by atoms with E-state index in [1.54, 1.807) is 0 Å². The molecule has 0 aliphatic carbocycles. The lowest BCUT2D eigenvalue weighted by molar-refractivity contribution is -0.114. The average Bonchev–Trinajstić information content (AvgIpc) is 2.35. The second-order valence-electron chi connectivity index (χ2n) is 4.87. The summed E-state index contributed by atoms with van der Waals surface area (Å²) in [5, 5.41) is 0. The van der Waals surface area contributed by atoms with E-state index in [4.69, 9.17) is 0 Å². The van der Waals surface area contributed by atoms with Gasteiger partial charge in [0.1, 0.15) is 5.69 Å². The Morgan fingerprint density at radius 1 is 1.24 bits per heavy atom. The summed E-state index contributed by atoms with van der Waals surface area (Å²) in [6.07, 6.45) is 4.04. The number of hydrogen-bond donors (Lipinski definition) is 0. The summed E-state index contributed by atoms with van der Waals surface area (Å²) in [4.78, 5) is 11.1. The van der Waals surface area contributed by atoms with E-state index in [0.29, 0.717) is 6.42 Å². The molecule has 0 saturated heterocycles. The third-order valence-electron chi connectivity index (χ3n) is 3.07. The van der Waals surface area contributed by atoms with E-state index in [-0.39, 0.29) is 5.78 Å². The van der Waals surface area contributed by atoms with Crippen molar-refractivity contribution in [1.82, 2.24) is 4.48 Å². The SMILES string of the molecule is C=CC(=O)CCCC[N+](C)(C)c1ccccc1. The van der Waals surface area contributed by atoms with E-state index < -0.39 is 0 Å². The van der Waals surface area contributed by atoms with Gasteiger partial charge in [-0.2, -0.15) is 0 Å². The van der Waals surface area contributed by atoms with Gasteiger partial charge in [0.2, 0.25) is 0 Å². The van der Waals surface area contributed by atoms with E-state index in [1.165, 1.54) is 11.8 Å². The zero-order chi connectivity index (χ0) is 12.7. The minimum Gasteiger partial charge on any atom is -0.296 e. The average molecular weight is 232 g/mol. The number of allylic oxidation sites excluding steroid dienone is 1. The van der Waals surface area contributed by atoms with Gasteiger partial charge in [-0.15, -0.1) is 0 Å². The van der Waals surface area contributed by atoms with E-state index in [1.807, 2.05) is 6.07 Å². The summed E-state index contributed by atoms with van der Waals surface area (Å²) >= 11 is 0. The molecule has 1 aromatic carbocycles. The molecular weight excluding hydrogens is 210 g/mol. The molecule has 17 heavy (non-hydrogen) atoms. The van der Waals surface area contributed by atoms with Crippen molar-refractivity contribution in [1.29, 1.82) is 0 Å². The number of benzene rings is 1. The number of rotatable bonds is 7. The first kappa shape index (κ1) is 13.7. The van der Waals surface area contributed by atoms with Crippen molar-refractivity contribution in [2.24, 2.45) is 0 Å². The second kappa shape index (κ2) is 6.36. The first-order chi connectivity index (χ1) is 8.06. The number of nitrogens with zero attached hydrogens (tertiary/aromatic N) is 1. The van der Waals surface area contributed by atoms with Crippen LogP contribution in [0, 0.1) is 0 Å². The molecule has 2 nitrogen and oxygen atoms in total. The van der Waals surface area contributed by atoms with Gasteiger partial charge in [-0.05, 0) is 31.1 Å². The highest BCUT2D eigenvalue weighted by molar-refractivity contribution is 5.88. The van der Waals surface area contributed by atoms with Crippen LogP contribution in [0.25, 0.3) is 0 Å². The number of hydrogen-bond acceptors (Lipinski definition) is 1. The smallest absolute Gasteiger partial charge is 0.155 e. The molecule has 0 atom stereocenters. The number of carbonyl (C=O) groups excluding carboxylic acids is 1. The Hall–Kier alpha value is -1.41. The lowest BCUT2D eigenvalue weighted by atomic mass is 10.1. The molecule has 0 fully saturated rings. The molecule has 0 spiro atoms. The van der Waals surface area contributed by atoms with E-state index in [9.17, 15) is 4.79 Å². The predicted octanol–water partition coefficient (Wildman–Crippen LogP) is 3.18. The van der Waals surface area contributed by atoms with Crippen LogP contribution in [0.1, 0.15) is 19.3 Å². The molecule has 1 aromatic rings. The van der Waals surface area contributed by atoms with Crippen molar-refractivity contribution in [3.8, 4) is 0 Å². The van der Waals surface area contributed by atoms with Gasteiger partial charge in [0.15, 0.2) is 5.78 Å². The molecular formula is C15H22NO+.